The lowest BCUT2D eigenvalue weighted by atomic mass is 10.5. The van der Waals surface area contributed by atoms with Crippen molar-refractivity contribution in [1.29, 1.82) is 0 Å². The minimum Gasteiger partial charge on any atom is -0.451 e. The molecule has 0 aromatic heterocycles. The lowest BCUT2D eigenvalue weighted by Crippen LogP contribution is -2.21. The maximum atomic E-state index is 11.1. The van der Waals surface area contributed by atoms with Gasteiger partial charge in [0.15, 0.2) is 5.85 Å². The molecule has 0 spiro atoms. The SMILES string of the molecule is CC(=O)OC(C(C)Br)P(=O)(Cl)Cl. The van der Waals surface area contributed by atoms with Crippen molar-refractivity contribution in [2.24, 2.45) is 0 Å². The average molecular weight is 298 g/mol. The van der Waals surface area contributed by atoms with Gasteiger partial charge < -0.3 is 4.74 Å². The smallest absolute Gasteiger partial charge is 0.303 e. The van der Waals surface area contributed by atoms with Gasteiger partial charge in [-0.1, -0.05) is 15.9 Å². The van der Waals surface area contributed by atoms with Gasteiger partial charge in [-0.05, 0) is 29.4 Å². The van der Waals surface area contributed by atoms with Crippen LogP contribution in [0.3, 0.4) is 0 Å². The van der Waals surface area contributed by atoms with Gasteiger partial charge in [-0.15, -0.1) is 0 Å². The number of carbonyl (C=O) groups excluding carboxylic acids is 1. The van der Waals surface area contributed by atoms with Crippen molar-refractivity contribution in [2.45, 2.75) is 24.5 Å². The monoisotopic (exact) mass is 296 g/mol. The molecule has 0 bridgehead atoms. The van der Waals surface area contributed by atoms with Crippen molar-refractivity contribution < 1.29 is 14.1 Å². The molecule has 0 rings (SSSR count). The molecular formula is C5H8BrCl2O3P. The zero-order valence-corrected chi connectivity index (χ0v) is 10.5. The van der Waals surface area contributed by atoms with Crippen LogP contribution < -0.4 is 0 Å². The Morgan fingerprint density at radius 3 is 2.08 bits per heavy atom. The van der Waals surface area contributed by atoms with Crippen molar-refractivity contribution in [3.05, 3.63) is 0 Å². The predicted octanol–water partition coefficient (Wildman–Crippen LogP) is 3.33. The molecule has 2 atom stereocenters. The Labute approximate surface area is 88.8 Å². The molecule has 3 nitrogen and oxygen atoms in total. The van der Waals surface area contributed by atoms with Crippen LogP contribution in [0.25, 0.3) is 0 Å². The first-order chi connectivity index (χ1) is 5.25. The standard InChI is InChI=1S/C5H8BrCl2O3P/c1-3(6)5(11-4(2)9)12(7,8)10/h3,5H,1-2H3. The zero-order valence-electron chi connectivity index (χ0n) is 6.46. The van der Waals surface area contributed by atoms with Crippen LogP contribution in [0.5, 0.6) is 0 Å². The fraction of sp³-hybridized carbons (Fsp3) is 0.800. The van der Waals surface area contributed by atoms with Crippen molar-refractivity contribution in [2.75, 3.05) is 0 Å². The third-order valence-electron chi connectivity index (χ3n) is 0.976. The first-order valence-corrected chi connectivity index (χ1v) is 7.55. The summed E-state index contributed by atoms with van der Waals surface area (Å²) >= 11 is 13.8. The van der Waals surface area contributed by atoms with E-state index in [2.05, 4.69) is 20.7 Å². The van der Waals surface area contributed by atoms with Gasteiger partial charge in [-0.3, -0.25) is 9.36 Å². The van der Waals surface area contributed by atoms with E-state index in [-0.39, 0.29) is 4.83 Å². The summed E-state index contributed by atoms with van der Waals surface area (Å²) in [6.07, 6.45) is 0. The molecule has 7 heteroatoms. The number of alkyl halides is 1. The molecule has 72 valence electrons. The molecule has 0 saturated carbocycles. The summed E-state index contributed by atoms with van der Waals surface area (Å²) in [5.41, 5.74) is 0. The highest BCUT2D eigenvalue weighted by Gasteiger charge is 2.35. The summed E-state index contributed by atoms with van der Waals surface area (Å²) < 4.78 is 15.8. The van der Waals surface area contributed by atoms with Crippen LogP contribution in [0.2, 0.25) is 0 Å². The van der Waals surface area contributed by atoms with E-state index in [0.29, 0.717) is 0 Å². The first-order valence-electron chi connectivity index (χ1n) is 3.05. The number of halogens is 3. The van der Waals surface area contributed by atoms with E-state index in [1.54, 1.807) is 6.92 Å². The number of hydrogen-bond acceptors (Lipinski definition) is 3. The van der Waals surface area contributed by atoms with Crippen LogP contribution in [0.15, 0.2) is 0 Å². The second-order valence-corrected chi connectivity index (χ2v) is 8.67. The predicted molar refractivity (Wildman–Crippen MR) is 53.3 cm³/mol. The normalized spacial score (nSPS) is 16.8. The summed E-state index contributed by atoms with van der Waals surface area (Å²) in [4.78, 5) is 10.2. The van der Waals surface area contributed by atoms with Gasteiger partial charge in [-0.2, -0.15) is 0 Å². The largest absolute Gasteiger partial charge is 0.451 e. The number of hydrogen-bond donors (Lipinski definition) is 0. The maximum absolute atomic E-state index is 11.1. The Hall–Kier alpha value is 0.760. The minimum absolute atomic E-state index is 0.345. The highest BCUT2D eigenvalue weighted by atomic mass is 79.9. The van der Waals surface area contributed by atoms with Gasteiger partial charge in [0.25, 0.3) is 5.85 Å². The fourth-order valence-electron chi connectivity index (χ4n) is 0.564. The first kappa shape index (κ1) is 12.8. The summed E-state index contributed by atoms with van der Waals surface area (Å²) in [5, 5.41) is 0. The molecule has 2 unspecified atom stereocenters. The van der Waals surface area contributed by atoms with Crippen LogP contribution in [-0.2, 0) is 14.1 Å². The Morgan fingerprint density at radius 1 is 1.58 bits per heavy atom. The Bertz CT molecular complexity index is 215. The average Bonchev–Trinajstić information content (AvgIpc) is 1.79. The summed E-state index contributed by atoms with van der Waals surface area (Å²) in [6, 6.07) is 0. The van der Waals surface area contributed by atoms with Gasteiger partial charge in [0.05, 0.1) is 4.83 Å². The summed E-state index contributed by atoms with van der Waals surface area (Å²) in [6.45, 7) is 2.84. The fourth-order valence-corrected chi connectivity index (χ4v) is 4.49. The summed E-state index contributed by atoms with van der Waals surface area (Å²) in [7, 11) is 0. The van der Waals surface area contributed by atoms with E-state index in [4.69, 9.17) is 22.5 Å². The van der Waals surface area contributed by atoms with Gasteiger partial charge >= 0.3 is 5.97 Å². The highest BCUT2D eigenvalue weighted by molar-refractivity contribution is 9.09. The maximum Gasteiger partial charge on any atom is 0.303 e. The molecule has 0 aliphatic heterocycles. The van der Waals surface area contributed by atoms with Crippen LogP contribution in [0.1, 0.15) is 13.8 Å². The zero-order chi connectivity index (χ0) is 9.94. The second-order valence-electron chi connectivity index (χ2n) is 2.18. The molecule has 0 heterocycles. The van der Waals surface area contributed by atoms with Gasteiger partial charge in [0.2, 0.25) is 0 Å². The van der Waals surface area contributed by atoms with E-state index in [1.807, 2.05) is 0 Å². The molecule has 0 aliphatic carbocycles. The van der Waals surface area contributed by atoms with Crippen LogP contribution >= 0.6 is 44.3 Å². The third kappa shape index (κ3) is 4.70. The lowest BCUT2D eigenvalue weighted by Gasteiger charge is -2.19. The quantitative estimate of drug-likeness (QED) is 0.456. The molecule has 0 amide bonds. The van der Waals surface area contributed by atoms with Crippen molar-refractivity contribution in [1.82, 2.24) is 0 Å². The molecule has 0 N–H and O–H groups in total. The van der Waals surface area contributed by atoms with Gasteiger partial charge in [0.1, 0.15) is 0 Å². The molecule has 0 aliphatic rings. The van der Waals surface area contributed by atoms with Crippen molar-refractivity contribution >= 4 is 50.2 Å². The molecule has 0 aromatic rings. The Morgan fingerprint density at radius 2 is 2.00 bits per heavy atom. The molecule has 12 heavy (non-hydrogen) atoms. The van der Waals surface area contributed by atoms with E-state index < -0.39 is 17.7 Å². The van der Waals surface area contributed by atoms with Crippen LogP contribution in [0.4, 0.5) is 0 Å². The minimum atomic E-state index is -3.43. The van der Waals surface area contributed by atoms with Gasteiger partial charge in [0, 0.05) is 6.92 Å². The van der Waals surface area contributed by atoms with Crippen molar-refractivity contribution in [3.8, 4) is 0 Å². The van der Waals surface area contributed by atoms with Crippen LogP contribution in [-0.4, -0.2) is 16.6 Å². The topological polar surface area (TPSA) is 43.4 Å². The Balaban J connectivity index is 4.46. The number of esters is 1. The number of rotatable bonds is 3. The van der Waals surface area contributed by atoms with Crippen molar-refractivity contribution in [3.63, 3.8) is 0 Å². The lowest BCUT2D eigenvalue weighted by molar-refractivity contribution is -0.142. The molecule has 0 fully saturated rings. The molecule has 0 saturated heterocycles. The molecular weight excluding hydrogens is 290 g/mol. The van der Waals surface area contributed by atoms with Gasteiger partial charge in [-0.25, -0.2) is 0 Å². The van der Waals surface area contributed by atoms with E-state index in [1.165, 1.54) is 6.92 Å². The molecule has 0 radical (unpaired) electrons. The van der Waals surface area contributed by atoms with E-state index in [0.717, 1.165) is 0 Å². The van der Waals surface area contributed by atoms with Crippen LogP contribution in [0, 0.1) is 0 Å². The van der Waals surface area contributed by atoms with E-state index in [9.17, 15) is 9.36 Å². The second kappa shape index (κ2) is 4.85. The highest BCUT2D eigenvalue weighted by Crippen LogP contribution is 2.62. The van der Waals surface area contributed by atoms with E-state index >= 15 is 0 Å². The molecule has 0 aromatic carbocycles. The number of ether oxygens (including phenoxy) is 1. The summed E-state index contributed by atoms with van der Waals surface area (Å²) in [5.74, 6) is -4.98. The number of carbonyl (C=O) groups is 1. The Kier molecular flexibility index (Phi) is 5.15. The third-order valence-corrected chi connectivity index (χ3v) is 4.16.